The lowest BCUT2D eigenvalue weighted by atomic mass is 10.1. The Kier molecular flexibility index (Phi) is 8.35. The van der Waals surface area contributed by atoms with Crippen LogP contribution in [0.4, 0.5) is 0 Å². The topological polar surface area (TPSA) is 93.1 Å². The van der Waals surface area contributed by atoms with Crippen LogP contribution < -0.4 is 29.0 Å². The molecule has 1 aromatic heterocycles. The standard InChI is InChI=1S/C28H31N3O6/c1-5-36-22-12-8-9-13-23(22)37-15-14-31-21-11-7-6-10-20(21)30-26(31)18-29-28(32)19-16-24(33-2)27(35-4)25(17-19)34-3/h6-13,16-17H,5,14-15,18H2,1-4H3,(H,29,32). The first kappa shape index (κ1) is 25.7. The highest BCUT2D eigenvalue weighted by Gasteiger charge is 2.18. The summed E-state index contributed by atoms with van der Waals surface area (Å²) in [7, 11) is 4.54. The molecule has 9 nitrogen and oxygen atoms in total. The maximum absolute atomic E-state index is 13.0. The first-order chi connectivity index (χ1) is 18.1. The first-order valence-corrected chi connectivity index (χ1v) is 12.0. The summed E-state index contributed by atoms with van der Waals surface area (Å²) in [5.74, 6) is 3.05. The van der Waals surface area contributed by atoms with Gasteiger partial charge in [0.25, 0.3) is 5.91 Å². The second kappa shape index (κ2) is 12.0. The van der Waals surface area contributed by atoms with Crippen molar-refractivity contribution >= 4 is 16.9 Å². The summed E-state index contributed by atoms with van der Waals surface area (Å²) in [5.41, 5.74) is 2.18. The lowest BCUT2D eigenvalue weighted by Gasteiger charge is -2.15. The predicted molar refractivity (Wildman–Crippen MR) is 140 cm³/mol. The average molecular weight is 506 g/mol. The van der Waals surface area contributed by atoms with E-state index in [1.165, 1.54) is 21.3 Å². The van der Waals surface area contributed by atoms with Gasteiger partial charge in [-0.15, -0.1) is 0 Å². The fourth-order valence-electron chi connectivity index (χ4n) is 4.07. The van der Waals surface area contributed by atoms with Gasteiger partial charge in [0.05, 0.1) is 52.1 Å². The van der Waals surface area contributed by atoms with E-state index in [9.17, 15) is 4.79 Å². The van der Waals surface area contributed by atoms with Crippen LogP contribution in [0.3, 0.4) is 0 Å². The molecule has 9 heteroatoms. The zero-order valence-corrected chi connectivity index (χ0v) is 21.4. The van der Waals surface area contributed by atoms with E-state index in [1.54, 1.807) is 12.1 Å². The number of imidazole rings is 1. The zero-order valence-electron chi connectivity index (χ0n) is 21.4. The third kappa shape index (κ3) is 5.72. The monoisotopic (exact) mass is 505 g/mol. The van der Waals surface area contributed by atoms with Crippen molar-refractivity contribution < 1.29 is 28.5 Å². The molecule has 0 aliphatic heterocycles. The third-order valence-electron chi connectivity index (χ3n) is 5.79. The van der Waals surface area contributed by atoms with Crippen LogP contribution in [0.5, 0.6) is 28.7 Å². The number of amides is 1. The minimum atomic E-state index is -0.292. The first-order valence-electron chi connectivity index (χ1n) is 12.0. The van der Waals surface area contributed by atoms with Gasteiger partial charge in [-0.2, -0.15) is 0 Å². The van der Waals surface area contributed by atoms with Crippen molar-refractivity contribution in [3.63, 3.8) is 0 Å². The third-order valence-corrected chi connectivity index (χ3v) is 5.79. The molecule has 0 saturated carbocycles. The Morgan fingerprint density at radius 1 is 0.865 bits per heavy atom. The lowest BCUT2D eigenvalue weighted by Crippen LogP contribution is -2.25. The summed E-state index contributed by atoms with van der Waals surface area (Å²) in [6.07, 6.45) is 0. The summed E-state index contributed by atoms with van der Waals surface area (Å²) < 4.78 is 29.8. The Balaban J connectivity index is 1.51. The van der Waals surface area contributed by atoms with E-state index < -0.39 is 0 Å². The van der Waals surface area contributed by atoms with Crippen molar-refractivity contribution in [1.29, 1.82) is 0 Å². The number of hydrogen-bond donors (Lipinski definition) is 1. The molecular weight excluding hydrogens is 474 g/mol. The van der Waals surface area contributed by atoms with Gasteiger partial charge in [0, 0.05) is 5.56 Å². The normalized spacial score (nSPS) is 10.7. The Labute approximate surface area is 215 Å². The Morgan fingerprint density at radius 3 is 2.16 bits per heavy atom. The van der Waals surface area contributed by atoms with E-state index in [4.69, 9.17) is 28.7 Å². The Morgan fingerprint density at radius 2 is 1.51 bits per heavy atom. The van der Waals surface area contributed by atoms with Crippen molar-refractivity contribution in [2.75, 3.05) is 34.5 Å². The van der Waals surface area contributed by atoms with Crippen LogP contribution in [0.1, 0.15) is 23.1 Å². The molecule has 0 bridgehead atoms. The number of benzene rings is 3. The number of methoxy groups -OCH3 is 3. The van der Waals surface area contributed by atoms with Gasteiger partial charge in [-0.25, -0.2) is 4.98 Å². The van der Waals surface area contributed by atoms with Crippen molar-refractivity contribution in [3.05, 3.63) is 72.1 Å². The quantitative estimate of drug-likeness (QED) is 0.304. The Bertz CT molecular complexity index is 1340. The van der Waals surface area contributed by atoms with Crippen LogP contribution in [0.2, 0.25) is 0 Å². The fourth-order valence-corrected chi connectivity index (χ4v) is 4.07. The highest BCUT2D eigenvalue weighted by Crippen LogP contribution is 2.38. The second-order valence-corrected chi connectivity index (χ2v) is 7.99. The van der Waals surface area contributed by atoms with Gasteiger partial charge < -0.3 is 33.6 Å². The number of carbonyl (C=O) groups excluding carboxylic acids is 1. The van der Waals surface area contributed by atoms with Gasteiger partial charge in [-0.3, -0.25) is 4.79 Å². The molecular formula is C28H31N3O6. The van der Waals surface area contributed by atoms with Crippen LogP contribution in [0.15, 0.2) is 60.7 Å². The molecule has 194 valence electrons. The second-order valence-electron chi connectivity index (χ2n) is 7.99. The van der Waals surface area contributed by atoms with Gasteiger partial charge in [-0.1, -0.05) is 24.3 Å². The molecule has 1 amide bonds. The van der Waals surface area contributed by atoms with E-state index in [0.717, 1.165) is 11.0 Å². The number of carbonyl (C=O) groups is 1. The van der Waals surface area contributed by atoms with E-state index in [0.29, 0.717) is 59.9 Å². The molecule has 0 spiro atoms. The number of aromatic nitrogens is 2. The molecule has 3 aromatic carbocycles. The van der Waals surface area contributed by atoms with Gasteiger partial charge in [-0.05, 0) is 43.3 Å². The molecule has 0 unspecified atom stereocenters. The number of fused-ring (bicyclic) bond motifs is 1. The molecule has 0 fully saturated rings. The summed E-state index contributed by atoms with van der Waals surface area (Å²) in [6.45, 7) is 3.66. The van der Waals surface area contributed by atoms with E-state index in [-0.39, 0.29) is 12.5 Å². The molecule has 1 heterocycles. The molecule has 0 saturated heterocycles. The van der Waals surface area contributed by atoms with Crippen LogP contribution in [-0.4, -0.2) is 50.0 Å². The summed E-state index contributed by atoms with van der Waals surface area (Å²) in [4.78, 5) is 17.8. The predicted octanol–water partition coefficient (Wildman–Crippen LogP) is 4.47. The zero-order chi connectivity index (χ0) is 26.2. The highest BCUT2D eigenvalue weighted by molar-refractivity contribution is 5.95. The number of rotatable bonds is 12. The average Bonchev–Trinajstić information content (AvgIpc) is 3.29. The number of nitrogens with zero attached hydrogens (tertiary/aromatic N) is 2. The molecule has 1 N–H and O–H groups in total. The van der Waals surface area contributed by atoms with Gasteiger partial charge in [0.2, 0.25) is 5.75 Å². The molecule has 0 aliphatic rings. The number of hydrogen-bond acceptors (Lipinski definition) is 7. The summed E-state index contributed by atoms with van der Waals surface area (Å²) >= 11 is 0. The molecule has 4 aromatic rings. The van der Waals surface area contributed by atoms with Crippen LogP contribution in [0.25, 0.3) is 11.0 Å². The molecule has 0 aliphatic carbocycles. The largest absolute Gasteiger partial charge is 0.493 e. The van der Waals surface area contributed by atoms with E-state index in [1.807, 2.05) is 60.0 Å². The van der Waals surface area contributed by atoms with Crippen molar-refractivity contribution in [3.8, 4) is 28.7 Å². The molecule has 4 rings (SSSR count). The minimum absolute atomic E-state index is 0.222. The summed E-state index contributed by atoms with van der Waals surface area (Å²) in [5, 5.41) is 2.96. The van der Waals surface area contributed by atoms with E-state index >= 15 is 0 Å². The molecule has 0 radical (unpaired) electrons. The van der Waals surface area contributed by atoms with Crippen LogP contribution in [0, 0.1) is 0 Å². The fraction of sp³-hybridized carbons (Fsp3) is 0.286. The molecule has 0 atom stereocenters. The summed E-state index contributed by atoms with van der Waals surface area (Å²) in [6, 6.07) is 18.7. The lowest BCUT2D eigenvalue weighted by molar-refractivity contribution is 0.0948. The van der Waals surface area contributed by atoms with Gasteiger partial charge in [0.15, 0.2) is 23.0 Å². The number of para-hydroxylation sites is 4. The van der Waals surface area contributed by atoms with Gasteiger partial charge >= 0.3 is 0 Å². The minimum Gasteiger partial charge on any atom is -0.493 e. The van der Waals surface area contributed by atoms with Crippen molar-refractivity contribution in [1.82, 2.24) is 14.9 Å². The van der Waals surface area contributed by atoms with Crippen molar-refractivity contribution in [2.45, 2.75) is 20.0 Å². The highest BCUT2D eigenvalue weighted by atomic mass is 16.5. The SMILES string of the molecule is CCOc1ccccc1OCCn1c(CNC(=O)c2cc(OC)c(OC)c(OC)c2)nc2ccccc21. The van der Waals surface area contributed by atoms with Crippen molar-refractivity contribution in [2.24, 2.45) is 0 Å². The molecule has 37 heavy (non-hydrogen) atoms. The maximum Gasteiger partial charge on any atom is 0.251 e. The van der Waals surface area contributed by atoms with Crippen LogP contribution >= 0.6 is 0 Å². The smallest absolute Gasteiger partial charge is 0.251 e. The number of nitrogens with one attached hydrogen (secondary N) is 1. The maximum atomic E-state index is 13.0. The van der Waals surface area contributed by atoms with Crippen LogP contribution in [-0.2, 0) is 13.1 Å². The van der Waals surface area contributed by atoms with Gasteiger partial charge in [0.1, 0.15) is 12.4 Å². The van der Waals surface area contributed by atoms with E-state index in [2.05, 4.69) is 5.32 Å². The Hall–Kier alpha value is -4.40. The number of ether oxygens (including phenoxy) is 5.